The van der Waals surface area contributed by atoms with E-state index < -0.39 is 0 Å². The third-order valence-corrected chi connectivity index (χ3v) is 4.30. The predicted molar refractivity (Wildman–Crippen MR) is 84.3 cm³/mol. The SMILES string of the molecule is CCn1nc(C)cc1CC(CBr)c1ccc(Cl)cc1. The molecule has 2 nitrogen and oxygen atoms in total. The van der Waals surface area contributed by atoms with Crippen LogP contribution in [-0.2, 0) is 13.0 Å². The van der Waals surface area contributed by atoms with Gasteiger partial charge in [-0.3, -0.25) is 4.68 Å². The van der Waals surface area contributed by atoms with Crippen molar-refractivity contribution in [2.45, 2.75) is 32.7 Å². The van der Waals surface area contributed by atoms with Crippen molar-refractivity contribution >= 4 is 27.5 Å². The maximum absolute atomic E-state index is 5.94. The summed E-state index contributed by atoms with van der Waals surface area (Å²) in [7, 11) is 0. The van der Waals surface area contributed by atoms with E-state index >= 15 is 0 Å². The Hall–Kier alpha value is -0.800. The molecule has 0 N–H and O–H groups in total. The smallest absolute Gasteiger partial charge is 0.0596 e. The Kier molecular flexibility index (Phi) is 5.06. The standard InChI is InChI=1S/C15H18BrClN2/c1-3-19-15(8-11(2)18-19)9-13(10-16)12-4-6-14(17)7-5-12/h4-8,13H,3,9-10H2,1-2H3. The fourth-order valence-electron chi connectivity index (χ4n) is 2.29. The lowest BCUT2D eigenvalue weighted by Crippen LogP contribution is -2.10. The van der Waals surface area contributed by atoms with Gasteiger partial charge in [-0.2, -0.15) is 5.10 Å². The van der Waals surface area contributed by atoms with E-state index in [1.165, 1.54) is 11.3 Å². The summed E-state index contributed by atoms with van der Waals surface area (Å²) in [5.74, 6) is 0.443. The summed E-state index contributed by atoms with van der Waals surface area (Å²) in [6, 6.07) is 10.3. The van der Waals surface area contributed by atoms with Gasteiger partial charge in [0.05, 0.1) is 5.69 Å². The highest BCUT2D eigenvalue weighted by Gasteiger charge is 2.14. The van der Waals surface area contributed by atoms with E-state index in [4.69, 9.17) is 11.6 Å². The molecule has 1 aromatic carbocycles. The van der Waals surface area contributed by atoms with Crippen LogP contribution in [0.1, 0.15) is 29.8 Å². The molecule has 0 aliphatic carbocycles. The van der Waals surface area contributed by atoms with Crippen LogP contribution in [0.5, 0.6) is 0 Å². The fraction of sp³-hybridized carbons (Fsp3) is 0.400. The number of halogens is 2. The lowest BCUT2D eigenvalue weighted by Gasteiger charge is -2.15. The average molecular weight is 342 g/mol. The number of nitrogens with zero attached hydrogens (tertiary/aromatic N) is 2. The summed E-state index contributed by atoms with van der Waals surface area (Å²) in [4.78, 5) is 0. The first-order chi connectivity index (χ1) is 9.13. The van der Waals surface area contributed by atoms with Crippen molar-refractivity contribution < 1.29 is 0 Å². The number of hydrogen-bond acceptors (Lipinski definition) is 1. The van der Waals surface area contributed by atoms with Gasteiger partial charge < -0.3 is 0 Å². The topological polar surface area (TPSA) is 17.8 Å². The van der Waals surface area contributed by atoms with Gasteiger partial charge in [0.15, 0.2) is 0 Å². The molecule has 1 heterocycles. The zero-order valence-electron chi connectivity index (χ0n) is 11.2. The van der Waals surface area contributed by atoms with Crippen molar-refractivity contribution in [1.82, 2.24) is 9.78 Å². The maximum Gasteiger partial charge on any atom is 0.0596 e. The summed E-state index contributed by atoms with van der Waals surface area (Å²) in [6.07, 6.45) is 0.988. The highest BCUT2D eigenvalue weighted by atomic mass is 79.9. The third kappa shape index (κ3) is 3.61. The van der Waals surface area contributed by atoms with E-state index in [0.717, 1.165) is 29.0 Å². The fourth-order valence-corrected chi connectivity index (χ4v) is 3.01. The Bertz CT molecular complexity index is 534. The second kappa shape index (κ2) is 6.58. The number of benzene rings is 1. The molecule has 1 atom stereocenters. The molecular weight excluding hydrogens is 324 g/mol. The number of aryl methyl sites for hydroxylation is 2. The number of rotatable bonds is 5. The van der Waals surface area contributed by atoms with Crippen LogP contribution in [0.25, 0.3) is 0 Å². The zero-order valence-corrected chi connectivity index (χ0v) is 13.6. The van der Waals surface area contributed by atoms with Gasteiger partial charge in [-0.25, -0.2) is 0 Å². The molecule has 0 aliphatic heterocycles. The van der Waals surface area contributed by atoms with Gasteiger partial charge >= 0.3 is 0 Å². The number of hydrogen-bond donors (Lipinski definition) is 0. The van der Waals surface area contributed by atoms with E-state index in [1.807, 2.05) is 19.1 Å². The highest BCUT2D eigenvalue weighted by molar-refractivity contribution is 9.09. The predicted octanol–water partition coefficient (Wildman–Crippen LogP) is 4.59. The van der Waals surface area contributed by atoms with Gasteiger partial charge in [0.2, 0.25) is 0 Å². The van der Waals surface area contributed by atoms with E-state index in [2.05, 4.69) is 50.8 Å². The highest BCUT2D eigenvalue weighted by Crippen LogP contribution is 2.25. The number of aromatic nitrogens is 2. The molecule has 0 bridgehead atoms. The first kappa shape index (κ1) is 14.6. The van der Waals surface area contributed by atoms with Crippen molar-refractivity contribution in [2.24, 2.45) is 0 Å². The monoisotopic (exact) mass is 340 g/mol. The Morgan fingerprint density at radius 3 is 2.58 bits per heavy atom. The quantitative estimate of drug-likeness (QED) is 0.728. The van der Waals surface area contributed by atoms with E-state index in [9.17, 15) is 0 Å². The van der Waals surface area contributed by atoms with E-state index in [0.29, 0.717) is 5.92 Å². The molecule has 2 aromatic rings. The van der Waals surface area contributed by atoms with Gasteiger partial charge in [0.1, 0.15) is 0 Å². The molecule has 0 fully saturated rings. The minimum absolute atomic E-state index is 0.443. The van der Waals surface area contributed by atoms with Gasteiger partial charge in [-0.1, -0.05) is 39.7 Å². The van der Waals surface area contributed by atoms with E-state index in [-0.39, 0.29) is 0 Å². The van der Waals surface area contributed by atoms with Crippen LogP contribution in [0.4, 0.5) is 0 Å². The van der Waals surface area contributed by atoms with Crippen LogP contribution in [0.15, 0.2) is 30.3 Å². The average Bonchev–Trinajstić information content (AvgIpc) is 2.77. The molecule has 0 amide bonds. The Balaban J connectivity index is 2.21. The molecule has 2 rings (SSSR count). The summed E-state index contributed by atoms with van der Waals surface area (Å²) in [5.41, 5.74) is 3.68. The Morgan fingerprint density at radius 2 is 2.00 bits per heavy atom. The van der Waals surface area contributed by atoms with Gasteiger partial charge in [0.25, 0.3) is 0 Å². The molecule has 0 radical (unpaired) electrons. The molecular formula is C15H18BrClN2. The molecule has 102 valence electrons. The van der Waals surface area contributed by atoms with Crippen molar-refractivity contribution in [3.8, 4) is 0 Å². The molecule has 1 aromatic heterocycles. The molecule has 1 unspecified atom stereocenters. The Morgan fingerprint density at radius 1 is 1.32 bits per heavy atom. The van der Waals surface area contributed by atoms with Crippen LogP contribution < -0.4 is 0 Å². The van der Waals surface area contributed by atoms with Crippen LogP contribution >= 0.6 is 27.5 Å². The molecule has 4 heteroatoms. The summed E-state index contributed by atoms with van der Waals surface area (Å²) in [6.45, 7) is 5.08. The lowest BCUT2D eigenvalue weighted by atomic mass is 9.96. The number of alkyl halides is 1. The molecule has 0 saturated carbocycles. The van der Waals surface area contributed by atoms with Crippen molar-refractivity contribution in [1.29, 1.82) is 0 Å². The lowest BCUT2D eigenvalue weighted by molar-refractivity contribution is 0.597. The van der Waals surface area contributed by atoms with Gasteiger partial charge in [-0.05, 0) is 49.9 Å². The molecule has 0 saturated heterocycles. The first-order valence-corrected chi connectivity index (χ1v) is 7.98. The summed E-state index contributed by atoms with van der Waals surface area (Å²) < 4.78 is 2.08. The largest absolute Gasteiger partial charge is 0.270 e. The second-order valence-electron chi connectivity index (χ2n) is 4.70. The van der Waals surface area contributed by atoms with Crippen LogP contribution in [0.2, 0.25) is 5.02 Å². The summed E-state index contributed by atoms with van der Waals surface area (Å²) >= 11 is 9.56. The van der Waals surface area contributed by atoms with Crippen LogP contribution in [-0.4, -0.2) is 15.1 Å². The first-order valence-electron chi connectivity index (χ1n) is 6.48. The van der Waals surface area contributed by atoms with Crippen molar-refractivity contribution in [3.05, 3.63) is 52.3 Å². The second-order valence-corrected chi connectivity index (χ2v) is 5.78. The maximum atomic E-state index is 5.94. The van der Waals surface area contributed by atoms with E-state index in [1.54, 1.807) is 0 Å². The molecule has 19 heavy (non-hydrogen) atoms. The van der Waals surface area contributed by atoms with Crippen molar-refractivity contribution in [3.63, 3.8) is 0 Å². The third-order valence-electron chi connectivity index (χ3n) is 3.27. The minimum atomic E-state index is 0.443. The van der Waals surface area contributed by atoms with Crippen LogP contribution in [0, 0.1) is 6.92 Å². The zero-order chi connectivity index (χ0) is 13.8. The van der Waals surface area contributed by atoms with Gasteiger partial charge in [-0.15, -0.1) is 0 Å². The minimum Gasteiger partial charge on any atom is -0.270 e. The summed E-state index contributed by atoms with van der Waals surface area (Å²) in [5, 5.41) is 6.22. The van der Waals surface area contributed by atoms with Crippen LogP contribution in [0.3, 0.4) is 0 Å². The van der Waals surface area contributed by atoms with Gasteiger partial charge in [0, 0.05) is 22.6 Å². The van der Waals surface area contributed by atoms with Crippen molar-refractivity contribution in [2.75, 3.05) is 5.33 Å². The normalized spacial score (nSPS) is 12.6. The molecule has 0 aliphatic rings. The molecule has 0 spiro atoms. The Labute approximate surface area is 127 Å².